The summed E-state index contributed by atoms with van der Waals surface area (Å²) in [5.74, 6) is -0.969. The Morgan fingerprint density at radius 2 is 1.94 bits per heavy atom. The van der Waals surface area contributed by atoms with Crippen LogP contribution in [0.4, 0.5) is 0 Å². The molecule has 2 atom stereocenters. The van der Waals surface area contributed by atoms with Crippen molar-refractivity contribution in [2.24, 2.45) is 0 Å². The van der Waals surface area contributed by atoms with Crippen molar-refractivity contribution in [1.29, 1.82) is 0 Å². The van der Waals surface area contributed by atoms with Gasteiger partial charge in [-0.25, -0.2) is 4.79 Å². The van der Waals surface area contributed by atoms with E-state index in [2.05, 4.69) is 15.0 Å². The van der Waals surface area contributed by atoms with Crippen molar-refractivity contribution in [1.82, 2.24) is 10.2 Å². The summed E-state index contributed by atoms with van der Waals surface area (Å²) in [5.41, 5.74) is 1.41. The molecule has 0 spiro atoms. The molecule has 0 bridgehead atoms. The molecule has 7 nitrogen and oxygen atoms in total. The molecule has 2 unspecified atom stereocenters. The van der Waals surface area contributed by atoms with Crippen LogP contribution in [0.15, 0.2) is 47.4 Å². The topological polar surface area (TPSA) is 84.9 Å². The number of hydrogen-bond donors (Lipinski definition) is 1. The fraction of sp³-hybridized carbons (Fsp3) is 0.364. The van der Waals surface area contributed by atoms with Crippen molar-refractivity contribution in [2.75, 3.05) is 39.1 Å². The monoisotopic (exact) mass is 498 g/mol. The van der Waals surface area contributed by atoms with Crippen molar-refractivity contribution in [3.05, 3.63) is 63.6 Å². The van der Waals surface area contributed by atoms with Crippen molar-refractivity contribution in [3.63, 3.8) is 0 Å². The number of amides is 1. The van der Waals surface area contributed by atoms with E-state index < -0.39 is 16.8 Å². The van der Waals surface area contributed by atoms with Gasteiger partial charge in [0.05, 0.1) is 46.2 Å². The van der Waals surface area contributed by atoms with Gasteiger partial charge in [0.1, 0.15) is 5.75 Å². The third-order valence-corrected chi connectivity index (χ3v) is 7.00. The maximum Gasteiger partial charge on any atom is 0.337 e. The van der Waals surface area contributed by atoms with Gasteiger partial charge in [-0.1, -0.05) is 29.3 Å². The molecule has 1 heterocycles. The van der Waals surface area contributed by atoms with Crippen LogP contribution in [-0.4, -0.2) is 66.2 Å². The highest BCUT2D eigenvalue weighted by Gasteiger charge is 2.22. The maximum absolute atomic E-state index is 12.4. The van der Waals surface area contributed by atoms with E-state index in [1.54, 1.807) is 18.2 Å². The second kappa shape index (κ2) is 11.8. The zero-order chi connectivity index (χ0) is 23.1. The first-order valence-electron chi connectivity index (χ1n) is 9.97. The molecule has 0 aliphatic carbocycles. The predicted molar refractivity (Wildman–Crippen MR) is 124 cm³/mol. The SMILES string of the molecule is COC(=O)c1ccc(S(=O)CC(=O)NCC2CN(Cc3ccc(Cl)c(Cl)c3)CCO2)cc1. The molecule has 3 rings (SSSR count). The highest BCUT2D eigenvalue weighted by molar-refractivity contribution is 7.85. The van der Waals surface area contributed by atoms with Crippen LogP contribution in [0.1, 0.15) is 15.9 Å². The lowest BCUT2D eigenvalue weighted by molar-refractivity contribution is -0.119. The van der Waals surface area contributed by atoms with Gasteiger partial charge >= 0.3 is 5.97 Å². The highest BCUT2D eigenvalue weighted by atomic mass is 35.5. The molecule has 0 radical (unpaired) electrons. The van der Waals surface area contributed by atoms with E-state index in [1.807, 2.05) is 12.1 Å². The fourth-order valence-corrected chi connectivity index (χ4v) is 4.55. The number of nitrogens with one attached hydrogen (secondary N) is 1. The Hall–Kier alpha value is -1.97. The second-order valence-corrected chi connectivity index (χ2v) is 9.55. The summed E-state index contributed by atoms with van der Waals surface area (Å²) < 4.78 is 22.8. The van der Waals surface area contributed by atoms with E-state index in [0.29, 0.717) is 46.7 Å². The number of halogens is 2. The average molecular weight is 499 g/mol. The molecule has 1 aliphatic rings. The molecule has 1 N–H and O–H groups in total. The Labute approximate surface area is 199 Å². The maximum atomic E-state index is 12.4. The average Bonchev–Trinajstić information content (AvgIpc) is 2.80. The minimum Gasteiger partial charge on any atom is -0.465 e. The first-order chi connectivity index (χ1) is 15.4. The molecule has 32 heavy (non-hydrogen) atoms. The number of esters is 1. The summed E-state index contributed by atoms with van der Waals surface area (Å²) in [5, 5.41) is 3.84. The van der Waals surface area contributed by atoms with E-state index in [1.165, 1.54) is 19.2 Å². The molecule has 1 aliphatic heterocycles. The second-order valence-electron chi connectivity index (χ2n) is 7.29. The van der Waals surface area contributed by atoms with Crippen LogP contribution < -0.4 is 5.32 Å². The lowest BCUT2D eigenvalue weighted by Crippen LogP contribution is -2.47. The fourth-order valence-electron chi connectivity index (χ4n) is 3.29. The smallest absolute Gasteiger partial charge is 0.337 e. The Bertz CT molecular complexity index is 987. The van der Waals surface area contributed by atoms with Crippen LogP contribution in [0.2, 0.25) is 10.0 Å². The van der Waals surface area contributed by atoms with Gasteiger partial charge in [-0.3, -0.25) is 13.9 Å². The van der Waals surface area contributed by atoms with Gasteiger partial charge in [-0.2, -0.15) is 0 Å². The standard InChI is InChI=1S/C22H24Cl2N2O5S/c1-30-22(28)16-3-5-18(6-4-16)32(29)14-21(27)25-11-17-13-26(8-9-31-17)12-15-2-7-19(23)20(24)10-15/h2-7,10,17H,8-9,11-14H2,1H3,(H,25,27). The van der Waals surface area contributed by atoms with Crippen molar-refractivity contribution in [3.8, 4) is 0 Å². The number of ether oxygens (including phenoxy) is 2. The van der Waals surface area contributed by atoms with Crippen LogP contribution in [0.3, 0.4) is 0 Å². The minimum atomic E-state index is -1.52. The number of carbonyl (C=O) groups is 2. The van der Waals surface area contributed by atoms with Crippen molar-refractivity contribution < 1.29 is 23.3 Å². The molecular formula is C22H24Cl2N2O5S. The van der Waals surface area contributed by atoms with Crippen LogP contribution in [0.5, 0.6) is 0 Å². The van der Waals surface area contributed by atoms with Crippen LogP contribution in [0.25, 0.3) is 0 Å². The Balaban J connectivity index is 1.45. The molecule has 10 heteroatoms. The van der Waals surface area contributed by atoms with E-state index >= 15 is 0 Å². The molecule has 1 amide bonds. The lowest BCUT2D eigenvalue weighted by Gasteiger charge is -2.33. The zero-order valence-electron chi connectivity index (χ0n) is 17.5. The third-order valence-electron chi connectivity index (χ3n) is 4.94. The first kappa shape index (κ1) is 24.7. The summed E-state index contributed by atoms with van der Waals surface area (Å²) in [6, 6.07) is 11.7. The molecule has 2 aromatic carbocycles. The summed E-state index contributed by atoms with van der Waals surface area (Å²) in [4.78, 5) is 26.4. The highest BCUT2D eigenvalue weighted by Crippen LogP contribution is 2.23. The Kier molecular flexibility index (Phi) is 9.07. The van der Waals surface area contributed by atoms with Gasteiger partial charge in [0, 0.05) is 31.1 Å². The lowest BCUT2D eigenvalue weighted by atomic mass is 10.2. The number of benzene rings is 2. The molecule has 2 aromatic rings. The quantitative estimate of drug-likeness (QED) is 0.563. The van der Waals surface area contributed by atoms with Gasteiger partial charge in [0.25, 0.3) is 0 Å². The third kappa shape index (κ3) is 7.02. The molecule has 172 valence electrons. The van der Waals surface area contributed by atoms with E-state index in [0.717, 1.165) is 12.1 Å². The summed E-state index contributed by atoms with van der Waals surface area (Å²) in [6.45, 7) is 3.01. The van der Waals surface area contributed by atoms with Gasteiger partial charge in [0.15, 0.2) is 0 Å². The normalized spacial score (nSPS) is 17.5. The van der Waals surface area contributed by atoms with Crippen LogP contribution >= 0.6 is 23.2 Å². The number of rotatable bonds is 8. The number of nitrogens with zero attached hydrogens (tertiary/aromatic N) is 1. The molecule has 1 fully saturated rings. The zero-order valence-corrected chi connectivity index (χ0v) is 19.8. The van der Waals surface area contributed by atoms with E-state index in [4.69, 9.17) is 27.9 Å². The number of morpholine rings is 1. The molecule has 0 aromatic heterocycles. The molecule has 1 saturated heterocycles. The van der Waals surface area contributed by atoms with E-state index in [9.17, 15) is 13.8 Å². The molecule has 0 saturated carbocycles. The Morgan fingerprint density at radius 1 is 1.19 bits per heavy atom. The number of carbonyl (C=O) groups excluding carboxylic acids is 2. The van der Waals surface area contributed by atoms with Crippen LogP contribution in [-0.2, 0) is 31.6 Å². The van der Waals surface area contributed by atoms with Crippen molar-refractivity contribution in [2.45, 2.75) is 17.5 Å². The molecular weight excluding hydrogens is 475 g/mol. The predicted octanol–water partition coefficient (Wildman–Crippen LogP) is 2.90. The Morgan fingerprint density at radius 3 is 2.62 bits per heavy atom. The number of hydrogen-bond acceptors (Lipinski definition) is 6. The largest absolute Gasteiger partial charge is 0.465 e. The minimum absolute atomic E-state index is 0.164. The summed E-state index contributed by atoms with van der Waals surface area (Å²) in [6.07, 6.45) is -0.164. The van der Waals surface area contributed by atoms with Gasteiger partial charge in [0.2, 0.25) is 5.91 Å². The van der Waals surface area contributed by atoms with E-state index in [-0.39, 0.29) is 17.8 Å². The summed E-state index contributed by atoms with van der Waals surface area (Å²) >= 11 is 12.1. The van der Waals surface area contributed by atoms with Crippen LogP contribution in [0, 0.1) is 0 Å². The number of methoxy groups -OCH3 is 1. The van der Waals surface area contributed by atoms with Crippen molar-refractivity contribution >= 4 is 45.9 Å². The summed E-state index contributed by atoms with van der Waals surface area (Å²) in [7, 11) is -0.227. The van der Waals surface area contributed by atoms with Gasteiger partial charge in [-0.05, 0) is 42.0 Å². The van der Waals surface area contributed by atoms with Gasteiger partial charge in [-0.15, -0.1) is 0 Å². The first-order valence-corrected chi connectivity index (χ1v) is 12.0. The van der Waals surface area contributed by atoms with Gasteiger partial charge < -0.3 is 14.8 Å².